The second kappa shape index (κ2) is 6.12. The third kappa shape index (κ3) is 2.72. The normalized spacial score (nSPS) is 10.9. The summed E-state index contributed by atoms with van der Waals surface area (Å²) < 4.78 is 7.02. The molecule has 4 aromatic rings. The topological polar surface area (TPSA) is 52.8 Å². The molecule has 2 heterocycles. The lowest BCUT2D eigenvalue weighted by atomic mass is 10.1. The number of fused-ring (bicyclic) bond motifs is 1. The number of hydrogen-bond acceptors (Lipinski definition) is 4. The molecule has 0 unspecified atom stereocenters. The number of methoxy groups -OCH3 is 1. The Labute approximate surface area is 139 Å². The quantitative estimate of drug-likeness (QED) is 0.578. The Morgan fingerprint density at radius 1 is 0.917 bits per heavy atom. The molecular weight excluding hydrogens is 300 g/mol. The molecule has 2 aromatic carbocycles. The van der Waals surface area contributed by atoms with Crippen molar-refractivity contribution in [2.45, 2.75) is 6.54 Å². The van der Waals surface area contributed by atoms with Crippen molar-refractivity contribution in [1.29, 1.82) is 0 Å². The van der Waals surface area contributed by atoms with E-state index in [2.05, 4.69) is 45.4 Å². The Bertz CT molecular complexity index is 962. The lowest BCUT2D eigenvalue weighted by Gasteiger charge is -2.06. The van der Waals surface area contributed by atoms with E-state index in [9.17, 15) is 0 Å². The Hall–Kier alpha value is -3.21. The first-order valence-electron chi connectivity index (χ1n) is 7.69. The van der Waals surface area contributed by atoms with E-state index >= 15 is 0 Å². The van der Waals surface area contributed by atoms with E-state index in [4.69, 9.17) is 4.74 Å². The van der Waals surface area contributed by atoms with Crippen LogP contribution in [0.25, 0.3) is 22.0 Å². The fraction of sp³-hybridized carbons (Fsp3) is 0.105. The molecular formula is C19H16N4O. The van der Waals surface area contributed by atoms with Gasteiger partial charge in [-0.2, -0.15) is 5.10 Å². The molecule has 0 radical (unpaired) electrons. The van der Waals surface area contributed by atoms with Gasteiger partial charge >= 0.3 is 6.01 Å². The smallest absolute Gasteiger partial charge is 0.316 e. The van der Waals surface area contributed by atoms with Gasteiger partial charge in [0.15, 0.2) is 0 Å². The molecule has 0 atom stereocenters. The van der Waals surface area contributed by atoms with Gasteiger partial charge in [-0.1, -0.05) is 42.5 Å². The van der Waals surface area contributed by atoms with Crippen molar-refractivity contribution in [3.63, 3.8) is 0 Å². The first-order valence-corrected chi connectivity index (χ1v) is 7.69. The van der Waals surface area contributed by atoms with Gasteiger partial charge in [-0.25, -0.2) is 9.97 Å². The first kappa shape index (κ1) is 14.4. The minimum absolute atomic E-state index is 0.369. The molecule has 0 N–H and O–H groups in total. The summed E-state index contributed by atoms with van der Waals surface area (Å²) in [6, 6.07) is 16.9. The van der Waals surface area contributed by atoms with Crippen molar-refractivity contribution >= 4 is 10.9 Å². The van der Waals surface area contributed by atoms with E-state index in [1.165, 1.54) is 5.56 Å². The van der Waals surface area contributed by atoms with Gasteiger partial charge in [0.25, 0.3) is 0 Å². The molecule has 0 aliphatic heterocycles. The molecule has 5 heteroatoms. The van der Waals surface area contributed by atoms with Crippen LogP contribution in [0, 0.1) is 0 Å². The minimum atomic E-state index is 0.369. The summed E-state index contributed by atoms with van der Waals surface area (Å²) in [6.07, 6.45) is 5.43. The van der Waals surface area contributed by atoms with Gasteiger partial charge in [0.05, 0.1) is 25.4 Å². The van der Waals surface area contributed by atoms with Crippen LogP contribution in [0.15, 0.2) is 67.1 Å². The highest BCUT2D eigenvalue weighted by atomic mass is 16.5. The molecule has 0 amide bonds. The summed E-state index contributed by atoms with van der Waals surface area (Å²) in [5, 5.41) is 5.63. The Kier molecular flexibility index (Phi) is 3.67. The van der Waals surface area contributed by atoms with Crippen molar-refractivity contribution in [3.05, 3.63) is 72.7 Å². The molecule has 0 aliphatic rings. The monoisotopic (exact) mass is 316 g/mol. The van der Waals surface area contributed by atoms with Crippen molar-refractivity contribution in [3.8, 4) is 17.1 Å². The SMILES string of the molecule is COc1ncc(-c2ccc3cnn(Cc4ccccc4)c3c2)cn1. The lowest BCUT2D eigenvalue weighted by molar-refractivity contribution is 0.380. The number of rotatable bonds is 4. The summed E-state index contributed by atoms with van der Waals surface area (Å²) >= 11 is 0. The molecule has 5 nitrogen and oxygen atoms in total. The summed E-state index contributed by atoms with van der Waals surface area (Å²) in [6.45, 7) is 0.743. The molecule has 2 aromatic heterocycles. The molecule has 0 saturated heterocycles. The summed E-state index contributed by atoms with van der Waals surface area (Å²) in [5.41, 5.74) is 4.32. The van der Waals surface area contributed by atoms with Crippen LogP contribution >= 0.6 is 0 Å². The molecule has 0 spiro atoms. The maximum absolute atomic E-state index is 5.01. The Balaban J connectivity index is 1.72. The van der Waals surface area contributed by atoms with Gasteiger partial charge in [0.2, 0.25) is 0 Å². The van der Waals surface area contributed by atoms with Crippen molar-refractivity contribution in [1.82, 2.24) is 19.7 Å². The predicted octanol–water partition coefficient (Wildman–Crippen LogP) is 3.55. The number of hydrogen-bond donors (Lipinski definition) is 0. The van der Waals surface area contributed by atoms with Crippen LogP contribution in [0.3, 0.4) is 0 Å². The number of benzene rings is 2. The Morgan fingerprint density at radius 2 is 1.71 bits per heavy atom. The summed E-state index contributed by atoms with van der Waals surface area (Å²) in [5.74, 6) is 0. The zero-order chi connectivity index (χ0) is 16.4. The van der Waals surface area contributed by atoms with E-state index < -0.39 is 0 Å². The molecule has 0 aliphatic carbocycles. The van der Waals surface area contributed by atoms with Gasteiger partial charge in [0, 0.05) is 23.3 Å². The molecule has 0 fully saturated rings. The minimum Gasteiger partial charge on any atom is -0.467 e. The first-order chi connectivity index (χ1) is 11.8. The molecule has 0 saturated carbocycles. The Morgan fingerprint density at radius 3 is 2.46 bits per heavy atom. The van der Waals surface area contributed by atoms with Crippen LogP contribution < -0.4 is 4.74 Å². The zero-order valence-electron chi connectivity index (χ0n) is 13.3. The van der Waals surface area contributed by atoms with Crippen LogP contribution in [0.2, 0.25) is 0 Å². The van der Waals surface area contributed by atoms with E-state index in [0.29, 0.717) is 6.01 Å². The molecule has 4 rings (SSSR count). The van der Waals surface area contributed by atoms with Gasteiger partial charge in [-0.05, 0) is 17.2 Å². The van der Waals surface area contributed by atoms with E-state index in [-0.39, 0.29) is 0 Å². The maximum atomic E-state index is 5.01. The maximum Gasteiger partial charge on any atom is 0.316 e. The molecule has 0 bridgehead atoms. The van der Waals surface area contributed by atoms with Gasteiger partial charge < -0.3 is 4.74 Å². The fourth-order valence-electron chi connectivity index (χ4n) is 2.70. The van der Waals surface area contributed by atoms with Crippen LogP contribution in [0.1, 0.15) is 5.56 Å². The second-order valence-electron chi connectivity index (χ2n) is 5.52. The lowest BCUT2D eigenvalue weighted by Crippen LogP contribution is -2.01. The van der Waals surface area contributed by atoms with E-state index in [1.807, 2.05) is 29.1 Å². The average molecular weight is 316 g/mol. The van der Waals surface area contributed by atoms with Crippen LogP contribution in [0.4, 0.5) is 0 Å². The summed E-state index contributed by atoms with van der Waals surface area (Å²) in [4.78, 5) is 8.35. The highest BCUT2D eigenvalue weighted by Gasteiger charge is 2.07. The van der Waals surface area contributed by atoms with Crippen LogP contribution in [0.5, 0.6) is 6.01 Å². The number of ether oxygens (including phenoxy) is 1. The standard InChI is InChI=1S/C19H16N4O/c1-24-19-20-10-17(11-21-19)15-7-8-16-12-22-23(18(16)9-15)13-14-5-3-2-4-6-14/h2-12H,13H2,1H3. The molecule has 24 heavy (non-hydrogen) atoms. The highest BCUT2D eigenvalue weighted by molar-refractivity contribution is 5.84. The van der Waals surface area contributed by atoms with E-state index in [0.717, 1.165) is 28.6 Å². The number of nitrogens with zero attached hydrogens (tertiary/aromatic N) is 4. The third-order valence-corrected chi connectivity index (χ3v) is 3.96. The molecule has 118 valence electrons. The van der Waals surface area contributed by atoms with Gasteiger partial charge in [-0.15, -0.1) is 0 Å². The van der Waals surface area contributed by atoms with Gasteiger partial charge in [-0.3, -0.25) is 4.68 Å². The van der Waals surface area contributed by atoms with Crippen molar-refractivity contribution in [2.24, 2.45) is 0 Å². The second-order valence-corrected chi connectivity index (χ2v) is 5.52. The highest BCUT2D eigenvalue weighted by Crippen LogP contribution is 2.24. The third-order valence-electron chi connectivity index (χ3n) is 3.96. The fourth-order valence-corrected chi connectivity index (χ4v) is 2.70. The zero-order valence-corrected chi connectivity index (χ0v) is 13.3. The average Bonchev–Trinajstić information content (AvgIpc) is 3.05. The largest absolute Gasteiger partial charge is 0.467 e. The summed E-state index contributed by atoms with van der Waals surface area (Å²) in [7, 11) is 1.56. The predicted molar refractivity (Wildman–Crippen MR) is 92.9 cm³/mol. The van der Waals surface area contributed by atoms with Gasteiger partial charge in [0.1, 0.15) is 0 Å². The van der Waals surface area contributed by atoms with Crippen molar-refractivity contribution < 1.29 is 4.74 Å². The van der Waals surface area contributed by atoms with Crippen molar-refractivity contribution in [2.75, 3.05) is 7.11 Å². The number of aromatic nitrogens is 4. The van der Waals surface area contributed by atoms with Crippen LogP contribution in [-0.4, -0.2) is 26.9 Å². The van der Waals surface area contributed by atoms with E-state index in [1.54, 1.807) is 19.5 Å². The van der Waals surface area contributed by atoms with Crippen LogP contribution in [-0.2, 0) is 6.54 Å².